The molecule has 0 aromatic carbocycles. The van der Waals surface area contributed by atoms with Gasteiger partial charge in [0.1, 0.15) is 0 Å². The second-order valence-electron chi connectivity index (χ2n) is 3.65. The number of anilines is 1. The van der Waals surface area contributed by atoms with Gasteiger partial charge in [-0.25, -0.2) is 10.4 Å². The van der Waals surface area contributed by atoms with Crippen LogP contribution < -0.4 is 11.0 Å². The number of nitrogens with one attached hydrogen (secondary N) is 2. The summed E-state index contributed by atoms with van der Waals surface area (Å²) in [5.74, 6) is 0.321. The van der Waals surface area contributed by atoms with Gasteiger partial charge in [-0.2, -0.15) is 5.10 Å². The molecule has 0 spiro atoms. The van der Waals surface area contributed by atoms with Crippen molar-refractivity contribution < 1.29 is 0 Å². The fourth-order valence-electron chi connectivity index (χ4n) is 1.33. The normalized spacial score (nSPS) is 11.6. The van der Waals surface area contributed by atoms with Gasteiger partial charge in [-0.15, -0.1) is 11.3 Å². The molecule has 0 atom stereocenters. The lowest BCUT2D eigenvalue weighted by Crippen LogP contribution is -2.11. The van der Waals surface area contributed by atoms with Gasteiger partial charge in [0.2, 0.25) is 5.95 Å². The second kappa shape index (κ2) is 5.32. The summed E-state index contributed by atoms with van der Waals surface area (Å²) in [7, 11) is 0. The predicted octanol–water partition coefficient (Wildman–Crippen LogP) is 2.63. The first-order valence-corrected chi connectivity index (χ1v) is 6.38. The minimum Gasteiger partial charge on any atom is -0.291 e. The minimum absolute atomic E-state index is 0.211. The van der Waals surface area contributed by atoms with Crippen LogP contribution in [-0.2, 0) is 0 Å². The molecule has 2 aromatic heterocycles. The van der Waals surface area contributed by atoms with Gasteiger partial charge < -0.3 is 0 Å². The molecule has 2 aromatic rings. The Bertz CT molecular complexity index is 646. The number of aromatic nitrogens is 2. The Labute approximate surface area is 113 Å². The Morgan fingerprint density at radius 1 is 1.56 bits per heavy atom. The molecular formula is C11H11ClN4OS. The van der Waals surface area contributed by atoms with Crippen LogP contribution in [0.4, 0.5) is 5.95 Å². The van der Waals surface area contributed by atoms with Gasteiger partial charge in [-0.05, 0) is 26.0 Å². The SMILES string of the molecule is C/C(=N/Nc1nc(C)cc(=O)[nH]1)c1ccc(Cl)s1. The third-order valence-corrected chi connectivity index (χ3v) is 3.47. The molecule has 0 aliphatic rings. The molecule has 0 unspecified atom stereocenters. The van der Waals surface area contributed by atoms with Gasteiger partial charge >= 0.3 is 0 Å². The van der Waals surface area contributed by atoms with E-state index in [1.54, 1.807) is 6.92 Å². The van der Waals surface area contributed by atoms with Gasteiger partial charge in [0.25, 0.3) is 5.56 Å². The first-order valence-electron chi connectivity index (χ1n) is 5.18. The molecule has 2 heterocycles. The quantitative estimate of drug-likeness (QED) is 0.671. The number of aromatic amines is 1. The first kappa shape index (κ1) is 12.8. The lowest BCUT2D eigenvalue weighted by atomic mass is 10.3. The van der Waals surface area contributed by atoms with Crippen LogP contribution >= 0.6 is 22.9 Å². The summed E-state index contributed by atoms with van der Waals surface area (Å²) in [6.07, 6.45) is 0. The van der Waals surface area contributed by atoms with E-state index < -0.39 is 0 Å². The van der Waals surface area contributed by atoms with E-state index in [1.165, 1.54) is 17.4 Å². The van der Waals surface area contributed by atoms with Gasteiger partial charge in [-0.1, -0.05) is 11.6 Å². The van der Waals surface area contributed by atoms with Crippen LogP contribution in [0, 0.1) is 6.92 Å². The molecule has 2 N–H and O–H groups in total. The third kappa shape index (κ3) is 3.18. The zero-order chi connectivity index (χ0) is 13.1. The van der Waals surface area contributed by atoms with Crippen LogP contribution in [-0.4, -0.2) is 15.7 Å². The summed E-state index contributed by atoms with van der Waals surface area (Å²) < 4.78 is 0.710. The molecule has 7 heteroatoms. The number of hydrogen-bond acceptors (Lipinski definition) is 5. The van der Waals surface area contributed by atoms with E-state index >= 15 is 0 Å². The number of thiophene rings is 1. The largest absolute Gasteiger partial charge is 0.291 e. The molecule has 0 radical (unpaired) electrons. The molecule has 0 saturated heterocycles. The maximum atomic E-state index is 11.2. The molecule has 18 heavy (non-hydrogen) atoms. The average molecular weight is 283 g/mol. The molecule has 94 valence electrons. The van der Waals surface area contributed by atoms with E-state index in [1.807, 2.05) is 19.1 Å². The maximum absolute atomic E-state index is 11.2. The zero-order valence-corrected chi connectivity index (χ0v) is 11.4. The highest BCUT2D eigenvalue weighted by atomic mass is 35.5. The van der Waals surface area contributed by atoms with Crippen LogP contribution in [0.25, 0.3) is 0 Å². The van der Waals surface area contributed by atoms with Crippen molar-refractivity contribution in [3.8, 4) is 0 Å². The van der Waals surface area contributed by atoms with E-state index in [-0.39, 0.29) is 5.56 Å². The van der Waals surface area contributed by atoms with Crippen molar-refractivity contribution in [3.05, 3.63) is 43.5 Å². The van der Waals surface area contributed by atoms with Crippen LogP contribution in [0.1, 0.15) is 17.5 Å². The summed E-state index contributed by atoms with van der Waals surface area (Å²) in [4.78, 5) is 18.9. The topological polar surface area (TPSA) is 70.1 Å². The lowest BCUT2D eigenvalue weighted by Gasteiger charge is -2.01. The smallest absolute Gasteiger partial charge is 0.252 e. The molecular weight excluding hydrogens is 272 g/mol. The fraction of sp³-hybridized carbons (Fsp3) is 0.182. The van der Waals surface area contributed by atoms with Gasteiger partial charge in [0.15, 0.2) is 0 Å². The number of rotatable bonds is 3. The van der Waals surface area contributed by atoms with Gasteiger partial charge in [-0.3, -0.25) is 9.78 Å². The summed E-state index contributed by atoms with van der Waals surface area (Å²) in [5.41, 5.74) is 3.91. The molecule has 0 amide bonds. The highest BCUT2D eigenvalue weighted by Gasteiger charge is 2.02. The number of hydrazone groups is 1. The first-order chi connectivity index (χ1) is 8.54. The van der Waals surface area contributed by atoms with Gasteiger partial charge in [0, 0.05) is 11.8 Å². The number of aryl methyl sites for hydroxylation is 1. The van der Waals surface area contributed by atoms with Gasteiger partial charge in [0.05, 0.1) is 14.9 Å². The second-order valence-corrected chi connectivity index (χ2v) is 5.36. The van der Waals surface area contributed by atoms with Crippen molar-refractivity contribution in [1.82, 2.24) is 9.97 Å². The van der Waals surface area contributed by atoms with Crippen molar-refractivity contribution in [2.75, 3.05) is 5.43 Å². The van der Waals surface area contributed by atoms with Crippen molar-refractivity contribution in [1.29, 1.82) is 0 Å². The summed E-state index contributed by atoms with van der Waals surface area (Å²) in [5, 5.41) is 4.15. The summed E-state index contributed by atoms with van der Waals surface area (Å²) in [6, 6.07) is 5.12. The Balaban J connectivity index is 2.17. The third-order valence-electron chi connectivity index (χ3n) is 2.13. The van der Waals surface area contributed by atoms with Crippen molar-refractivity contribution in [3.63, 3.8) is 0 Å². The van der Waals surface area contributed by atoms with Crippen LogP contribution in [0.5, 0.6) is 0 Å². The van der Waals surface area contributed by atoms with Crippen molar-refractivity contribution in [2.24, 2.45) is 5.10 Å². The zero-order valence-electron chi connectivity index (χ0n) is 9.82. The summed E-state index contributed by atoms with van der Waals surface area (Å²) in [6.45, 7) is 3.60. The predicted molar refractivity (Wildman–Crippen MR) is 74.8 cm³/mol. The van der Waals surface area contributed by atoms with Crippen molar-refractivity contribution in [2.45, 2.75) is 13.8 Å². The number of nitrogens with zero attached hydrogens (tertiary/aromatic N) is 2. The molecule has 0 bridgehead atoms. The molecule has 0 aliphatic heterocycles. The highest BCUT2D eigenvalue weighted by Crippen LogP contribution is 2.21. The monoisotopic (exact) mass is 282 g/mol. The van der Waals surface area contributed by atoms with E-state index in [0.29, 0.717) is 16.0 Å². The number of hydrogen-bond donors (Lipinski definition) is 2. The molecule has 0 fully saturated rings. The molecule has 0 saturated carbocycles. The fourth-order valence-corrected chi connectivity index (χ4v) is 2.32. The van der Waals surface area contributed by atoms with Crippen LogP contribution in [0.15, 0.2) is 28.1 Å². The Morgan fingerprint density at radius 2 is 2.33 bits per heavy atom. The minimum atomic E-state index is -0.211. The maximum Gasteiger partial charge on any atom is 0.252 e. The van der Waals surface area contributed by atoms with Crippen LogP contribution in [0.2, 0.25) is 4.34 Å². The number of H-pyrrole nitrogens is 1. The van der Waals surface area contributed by atoms with Crippen LogP contribution in [0.3, 0.4) is 0 Å². The highest BCUT2D eigenvalue weighted by molar-refractivity contribution is 7.18. The Morgan fingerprint density at radius 3 is 2.94 bits per heavy atom. The standard InChI is InChI=1S/C11H11ClN4OS/c1-6-5-10(17)14-11(13-6)16-15-7(2)8-3-4-9(12)18-8/h3-5H,1-2H3,(H2,13,14,16,17)/b15-7-. The summed E-state index contributed by atoms with van der Waals surface area (Å²) >= 11 is 7.29. The van der Waals surface area contributed by atoms with E-state index in [2.05, 4.69) is 20.5 Å². The molecule has 5 nitrogen and oxygen atoms in total. The average Bonchev–Trinajstić information content (AvgIpc) is 2.71. The van der Waals surface area contributed by atoms with E-state index in [9.17, 15) is 4.79 Å². The Hall–Kier alpha value is -1.66. The van der Waals surface area contributed by atoms with Crippen molar-refractivity contribution >= 4 is 34.6 Å². The number of halogens is 1. The van der Waals surface area contributed by atoms with E-state index in [0.717, 1.165) is 10.6 Å². The lowest BCUT2D eigenvalue weighted by molar-refractivity contribution is 1.04. The molecule has 0 aliphatic carbocycles. The Kier molecular flexibility index (Phi) is 3.78. The van der Waals surface area contributed by atoms with E-state index in [4.69, 9.17) is 11.6 Å². The molecule has 2 rings (SSSR count).